The molecule has 1 heterocycles. The van der Waals surface area contributed by atoms with Gasteiger partial charge in [-0.3, -0.25) is 14.7 Å². The van der Waals surface area contributed by atoms with E-state index in [0.29, 0.717) is 22.2 Å². The Balaban J connectivity index is 1.57. The molecule has 2 aromatic carbocycles. The molecule has 0 saturated carbocycles. The Kier molecular flexibility index (Phi) is 5.25. The fourth-order valence-corrected chi connectivity index (χ4v) is 2.78. The molecule has 126 valence electrons. The molecular formula is C18H16N4O2S. The molecule has 0 spiro atoms. The number of amides is 1. The highest BCUT2D eigenvalue weighted by atomic mass is 32.2. The van der Waals surface area contributed by atoms with Crippen LogP contribution < -0.4 is 5.32 Å². The number of aromatic amines is 1. The first-order valence-corrected chi connectivity index (χ1v) is 8.62. The monoisotopic (exact) mass is 352 g/mol. The SMILES string of the molecule is CC(=O)c1cccc(NC(=O)CSc2n[nH]c(-c3ccccc3)n2)c1. The summed E-state index contributed by atoms with van der Waals surface area (Å²) in [4.78, 5) is 27.8. The van der Waals surface area contributed by atoms with E-state index in [9.17, 15) is 9.59 Å². The van der Waals surface area contributed by atoms with Gasteiger partial charge < -0.3 is 5.32 Å². The lowest BCUT2D eigenvalue weighted by atomic mass is 10.1. The zero-order chi connectivity index (χ0) is 17.6. The molecule has 0 saturated heterocycles. The Labute approximate surface area is 149 Å². The maximum atomic E-state index is 12.1. The minimum atomic E-state index is -0.184. The normalized spacial score (nSPS) is 10.4. The largest absolute Gasteiger partial charge is 0.325 e. The molecule has 0 aliphatic carbocycles. The topological polar surface area (TPSA) is 87.7 Å². The van der Waals surface area contributed by atoms with Gasteiger partial charge in [0.2, 0.25) is 11.1 Å². The molecule has 3 rings (SSSR count). The van der Waals surface area contributed by atoms with Gasteiger partial charge in [-0.2, -0.15) is 0 Å². The van der Waals surface area contributed by atoms with E-state index in [-0.39, 0.29) is 17.4 Å². The van der Waals surface area contributed by atoms with E-state index in [1.807, 2.05) is 30.3 Å². The number of carbonyl (C=O) groups excluding carboxylic acids is 2. The summed E-state index contributed by atoms with van der Waals surface area (Å²) in [5.41, 5.74) is 2.09. The summed E-state index contributed by atoms with van der Waals surface area (Å²) in [5.74, 6) is 0.616. The number of carbonyl (C=O) groups is 2. The number of nitrogens with zero attached hydrogens (tertiary/aromatic N) is 2. The molecule has 0 unspecified atom stereocenters. The maximum Gasteiger partial charge on any atom is 0.234 e. The summed E-state index contributed by atoms with van der Waals surface area (Å²) in [7, 11) is 0. The molecule has 0 fully saturated rings. The van der Waals surface area contributed by atoms with E-state index in [1.165, 1.54) is 18.7 Å². The number of Topliss-reactive ketones (excluding diaryl/α,β-unsaturated/α-hetero) is 1. The van der Waals surface area contributed by atoms with E-state index in [2.05, 4.69) is 20.5 Å². The quantitative estimate of drug-likeness (QED) is 0.524. The molecular weight excluding hydrogens is 336 g/mol. The second kappa shape index (κ2) is 7.76. The van der Waals surface area contributed by atoms with Crippen molar-refractivity contribution in [3.05, 3.63) is 60.2 Å². The van der Waals surface area contributed by atoms with Crippen LogP contribution in [0.3, 0.4) is 0 Å². The molecule has 0 aliphatic rings. The third kappa shape index (κ3) is 4.54. The molecule has 7 heteroatoms. The molecule has 0 bridgehead atoms. The molecule has 2 N–H and O–H groups in total. The van der Waals surface area contributed by atoms with E-state index >= 15 is 0 Å². The number of benzene rings is 2. The number of ketones is 1. The molecule has 6 nitrogen and oxygen atoms in total. The summed E-state index contributed by atoms with van der Waals surface area (Å²) in [6.45, 7) is 1.49. The van der Waals surface area contributed by atoms with Crippen molar-refractivity contribution in [2.24, 2.45) is 0 Å². The highest BCUT2D eigenvalue weighted by Crippen LogP contribution is 2.19. The zero-order valence-corrected chi connectivity index (χ0v) is 14.3. The maximum absolute atomic E-state index is 12.1. The highest BCUT2D eigenvalue weighted by molar-refractivity contribution is 7.99. The Morgan fingerprint density at radius 1 is 1.12 bits per heavy atom. The standard InChI is InChI=1S/C18H16N4O2S/c1-12(23)14-8-5-9-15(10-14)19-16(24)11-25-18-20-17(21-22-18)13-6-3-2-4-7-13/h2-10H,11H2,1H3,(H,19,24)(H,20,21,22). The summed E-state index contributed by atoms with van der Waals surface area (Å²) >= 11 is 1.24. The van der Waals surface area contributed by atoms with Gasteiger partial charge in [-0.15, -0.1) is 5.10 Å². The van der Waals surface area contributed by atoms with Gasteiger partial charge >= 0.3 is 0 Å². The number of anilines is 1. The first kappa shape index (κ1) is 16.9. The Hall–Kier alpha value is -2.93. The third-order valence-corrected chi connectivity index (χ3v) is 4.24. The van der Waals surface area contributed by atoms with Crippen molar-refractivity contribution in [1.82, 2.24) is 15.2 Å². The first-order chi connectivity index (χ1) is 12.1. The van der Waals surface area contributed by atoms with E-state index in [4.69, 9.17) is 0 Å². The van der Waals surface area contributed by atoms with Crippen LogP contribution in [0.5, 0.6) is 0 Å². The van der Waals surface area contributed by atoms with Crippen LogP contribution in [0.1, 0.15) is 17.3 Å². The third-order valence-electron chi connectivity index (χ3n) is 3.40. The average molecular weight is 352 g/mol. The number of nitrogens with one attached hydrogen (secondary N) is 2. The second-order valence-electron chi connectivity index (χ2n) is 5.31. The summed E-state index contributed by atoms with van der Waals surface area (Å²) in [6.07, 6.45) is 0. The number of aromatic nitrogens is 3. The number of hydrogen-bond acceptors (Lipinski definition) is 5. The lowest BCUT2D eigenvalue weighted by Gasteiger charge is -2.05. The van der Waals surface area contributed by atoms with Gasteiger partial charge in [0.05, 0.1) is 5.75 Å². The minimum absolute atomic E-state index is 0.0420. The van der Waals surface area contributed by atoms with Crippen molar-refractivity contribution in [2.45, 2.75) is 12.1 Å². The van der Waals surface area contributed by atoms with Gasteiger partial charge in [0.1, 0.15) is 0 Å². The average Bonchev–Trinajstić information content (AvgIpc) is 3.10. The highest BCUT2D eigenvalue weighted by Gasteiger charge is 2.09. The van der Waals surface area contributed by atoms with Gasteiger partial charge in [0.15, 0.2) is 11.6 Å². The molecule has 0 atom stereocenters. The van der Waals surface area contributed by atoms with Crippen LogP contribution in [0.15, 0.2) is 59.8 Å². The lowest BCUT2D eigenvalue weighted by molar-refractivity contribution is -0.113. The smallest absolute Gasteiger partial charge is 0.234 e. The fourth-order valence-electron chi connectivity index (χ4n) is 2.18. The second-order valence-corrected chi connectivity index (χ2v) is 6.25. The zero-order valence-electron chi connectivity index (χ0n) is 13.5. The molecule has 0 aliphatic heterocycles. The minimum Gasteiger partial charge on any atom is -0.325 e. The van der Waals surface area contributed by atoms with Crippen molar-refractivity contribution < 1.29 is 9.59 Å². The van der Waals surface area contributed by atoms with Crippen molar-refractivity contribution in [3.8, 4) is 11.4 Å². The van der Waals surface area contributed by atoms with E-state index in [0.717, 1.165) is 5.56 Å². The lowest BCUT2D eigenvalue weighted by Crippen LogP contribution is -2.14. The Morgan fingerprint density at radius 3 is 2.68 bits per heavy atom. The van der Waals surface area contributed by atoms with Gasteiger partial charge in [-0.25, -0.2) is 4.98 Å². The Morgan fingerprint density at radius 2 is 1.92 bits per heavy atom. The molecule has 0 radical (unpaired) electrons. The molecule has 3 aromatic rings. The van der Waals surface area contributed by atoms with Gasteiger partial charge in [0.25, 0.3) is 0 Å². The van der Waals surface area contributed by atoms with Crippen LogP contribution in [0.25, 0.3) is 11.4 Å². The summed E-state index contributed by atoms with van der Waals surface area (Å²) in [6, 6.07) is 16.5. The number of hydrogen-bond donors (Lipinski definition) is 2. The van der Waals surface area contributed by atoms with Gasteiger partial charge in [-0.1, -0.05) is 54.2 Å². The van der Waals surface area contributed by atoms with Gasteiger partial charge in [0, 0.05) is 16.8 Å². The molecule has 1 amide bonds. The van der Waals surface area contributed by atoms with Gasteiger partial charge in [-0.05, 0) is 19.1 Å². The van der Waals surface area contributed by atoms with Crippen molar-refractivity contribution in [3.63, 3.8) is 0 Å². The number of H-pyrrole nitrogens is 1. The van der Waals surface area contributed by atoms with E-state index < -0.39 is 0 Å². The van der Waals surface area contributed by atoms with E-state index in [1.54, 1.807) is 24.3 Å². The van der Waals surface area contributed by atoms with Crippen LogP contribution in [-0.2, 0) is 4.79 Å². The van der Waals surface area contributed by atoms with Crippen LogP contribution in [0.2, 0.25) is 0 Å². The number of thioether (sulfide) groups is 1. The molecule has 1 aromatic heterocycles. The fraction of sp³-hybridized carbons (Fsp3) is 0.111. The Bertz CT molecular complexity index is 893. The summed E-state index contributed by atoms with van der Waals surface area (Å²) < 4.78 is 0. The van der Waals surface area contributed by atoms with Crippen LogP contribution in [-0.4, -0.2) is 32.6 Å². The number of rotatable bonds is 6. The van der Waals surface area contributed by atoms with Crippen molar-refractivity contribution >= 4 is 29.1 Å². The summed E-state index contributed by atoms with van der Waals surface area (Å²) in [5, 5.41) is 10.2. The predicted molar refractivity (Wildman–Crippen MR) is 97.6 cm³/mol. The molecule has 25 heavy (non-hydrogen) atoms. The first-order valence-electron chi connectivity index (χ1n) is 7.63. The van der Waals surface area contributed by atoms with Crippen LogP contribution >= 0.6 is 11.8 Å². The predicted octanol–water partition coefficient (Wildman–Crippen LogP) is 3.41. The van der Waals surface area contributed by atoms with Crippen molar-refractivity contribution in [1.29, 1.82) is 0 Å². The van der Waals surface area contributed by atoms with Crippen molar-refractivity contribution in [2.75, 3.05) is 11.1 Å². The van der Waals surface area contributed by atoms with Crippen LogP contribution in [0, 0.1) is 0 Å². The van der Waals surface area contributed by atoms with Crippen LogP contribution in [0.4, 0.5) is 5.69 Å².